The lowest BCUT2D eigenvalue weighted by molar-refractivity contribution is -0.142. The highest BCUT2D eigenvalue weighted by Crippen LogP contribution is 2.34. The van der Waals surface area contributed by atoms with Gasteiger partial charge in [0.15, 0.2) is 0 Å². The summed E-state index contributed by atoms with van der Waals surface area (Å²) in [6, 6.07) is 12.6. The zero-order chi connectivity index (χ0) is 15.5. The van der Waals surface area contributed by atoms with E-state index in [-0.39, 0.29) is 6.04 Å². The molecule has 1 aliphatic rings. The molecule has 0 radical (unpaired) electrons. The Hall–Kier alpha value is -1.91. The molecule has 0 bridgehead atoms. The molecule has 1 aliphatic heterocycles. The third-order valence-corrected chi connectivity index (χ3v) is 4.32. The first-order valence-electron chi connectivity index (χ1n) is 7.32. The van der Waals surface area contributed by atoms with Gasteiger partial charge in [-0.2, -0.15) is 0 Å². The number of carboxylic acid groups (broad SMARTS) is 1. The molecule has 22 heavy (non-hydrogen) atoms. The van der Waals surface area contributed by atoms with E-state index in [9.17, 15) is 9.90 Å². The van der Waals surface area contributed by atoms with Crippen LogP contribution in [-0.2, 0) is 4.79 Å². The number of aliphatic carboxylic acids is 1. The minimum Gasteiger partial charge on any atom is -0.480 e. The van der Waals surface area contributed by atoms with E-state index in [1.165, 1.54) is 0 Å². The molecular formula is C17H17ClN2O2. The maximum Gasteiger partial charge on any atom is 0.320 e. The standard InChI is InChI=1S/C17H17ClN2O2/c18-13-8-6-12(7-9-13)16(14-4-1-2-10-19-14)20-11-3-5-15(20)17(21)22/h1-2,4,6-10,15-16H,3,5,11H2,(H,21,22). The number of carbonyl (C=O) groups is 1. The monoisotopic (exact) mass is 316 g/mol. The number of carboxylic acids is 1. The number of halogens is 1. The highest BCUT2D eigenvalue weighted by Gasteiger charge is 2.37. The molecule has 1 saturated heterocycles. The molecule has 0 amide bonds. The van der Waals surface area contributed by atoms with Crippen LogP contribution in [0.5, 0.6) is 0 Å². The fraction of sp³-hybridized carbons (Fsp3) is 0.294. The minimum atomic E-state index is -0.771. The van der Waals surface area contributed by atoms with Gasteiger partial charge < -0.3 is 5.11 Å². The van der Waals surface area contributed by atoms with Crippen molar-refractivity contribution < 1.29 is 9.90 Å². The summed E-state index contributed by atoms with van der Waals surface area (Å²) in [6.45, 7) is 0.751. The van der Waals surface area contributed by atoms with Crippen molar-refractivity contribution in [3.63, 3.8) is 0 Å². The van der Waals surface area contributed by atoms with Crippen LogP contribution in [0.4, 0.5) is 0 Å². The molecule has 3 rings (SSSR count). The van der Waals surface area contributed by atoms with Gasteiger partial charge in [0.1, 0.15) is 6.04 Å². The summed E-state index contributed by atoms with van der Waals surface area (Å²) in [5, 5.41) is 10.2. The van der Waals surface area contributed by atoms with Crippen molar-refractivity contribution in [2.75, 3.05) is 6.54 Å². The number of likely N-dealkylation sites (tertiary alicyclic amines) is 1. The van der Waals surface area contributed by atoms with E-state index < -0.39 is 12.0 Å². The van der Waals surface area contributed by atoms with Crippen LogP contribution in [0.3, 0.4) is 0 Å². The smallest absolute Gasteiger partial charge is 0.320 e. The number of aromatic nitrogens is 1. The third-order valence-electron chi connectivity index (χ3n) is 4.06. The summed E-state index contributed by atoms with van der Waals surface area (Å²) in [6.07, 6.45) is 3.30. The lowest BCUT2D eigenvalue weighted by atomic mass is 10.0. The number of benzene rings is 1. The van der Waals surface area contributed by atoms with Crippen LogP contribution in [0.15, 0.2) is 48.7 Å². The van der Waals surface area contributed by atoms with Gasteiger partial charge in [-0.25, -0.2) is 0 Å². The number of nitrogens with zero attached hydrogens (tertiary/aromatic N) is 2. The van der Waals surface area contributed by atoms with Gasteiger partial charge in [-0.1, -0.05) is 29.8 Å². The van der Waals surface area contributed by atoms with Crippen molar-refractivity contribution in [1.82, 2.24) is 9.88 Å². The Bertz CT molecular complexity index is 645. The topological polar surface area (TPSA) is 53.4 Å². The maximum absolute atomic E-state index is 11.6. The third kappa shape index (κ3) is 2.98. The largest absolute Gasteiger partial charge is 0.480 e. The van der Waals surface area contributed by atoms with Gasteiger partial charge in [-0.05, 0) is 42.7 Å². The minimum absolute atomic E-state index is 0.165. The molecule has 0 saturated carbocycles. The van der Waals surface area contributed by atoms with Gasteiger partial charge in [0.05, 0.1) is 11.7 Å². The van der Waals surface area contributed by atoms with Crippen molar-refractivity contribution in [3.8, 4) is 0 Å². The summed E-state index contributed by atoms with van der Waals surface area (Å²) in [4.78, 5) is 18.0. The Morgan fingerprint density at radius 1 is 1.27 bits per heavy atom. The van der Waals surface area contributed by atoms with E-state index >= 15 is 0 Å². The SMILES string of the molecule is O=C(O)C1CCCN1C(c1ccc(Cl)cc1)c1ccccn1. The number of hydrogen-bond acceptors (Lipinski definition) is 3. The van der Waals surface area contributed by atoms with E-state index in [1.54, 1.807) is 6.20 Å². The molecule has 1 fully saturated rings. The van der Waals surface area contributed by atoms with Gasteiger partial charge in [0.25, 0.3) is 0 Å². The molecule has 2 unspecified atom stereocenters. The Labute approximate surface area is 134 Å². The van der Waals surface area contributed by atoms with Crippen LogP contribution in [0, 0.1) is 0 Å². The van der Waals surface area contributed by atoms with Crippen molar-refractivity contribution in [2.24, 2.45) is 0 Å². The quantitative estimate of drug-likeness (QED) is 0.939. The van der Waals surface area contributed by atoms with Gasteiger partial charge in [0, 0.05) is 17.8 Å². The Balaban J connectivity index is 2.03. The van der Waals surface area contributed by atoms with Crippen LogP contribution in [0.25, 0.3) is 0 Å². The van der Waals surface area contributed by atoms with Crippen LogP contribution < -0.4 is 0 Å². The second-order valence-corrected chi connectivity index (χ2v) is 5.88. The summed E-state index contributed by atoms with van der Waals surface area (Å²) in [5.74, 6) is -0.771. The fourth-order valence-corrected chi connectivity index (χ4v) is 3.20. The van der Waals surface area contributed by atoms with Crippen LogP contribution in [0.1, 0.15) is 30.1 Å². The number of hydrogen-bond donors (Lipinski definition) is 1. The molecule has 114 valence electrons. The zero-order valence-electron chi connectivity index (χ0n) is 12.0. The normalized spacial score (nSPS) is 20.0. The second-order valence-electron chi connectivity index (χ2n) is 5.44. The summed E-state index contributed by atoms with van der Waals surface area (Å²) < 4.78 is 0. The number of pyridine rings is 1. The van der Waals surface area contributed by atoms with Crippen LogP contribution >= 0.6 is 11.6 Å². The molecule has 1 aromatic heterocycles. The highest BCUT2D eigenvalue weighted by molar-refractivity contribution is 6.30. The predicted octanol–water partition coefficient (Wildman–Crippen LogP) is 3.37. The molecule has 2 atom stereocenters. The second kappa shape index (κ2) is 6.46. The van der Waals surface area contributed by atoms with Crippen molar-refractivity contribution in [3.05, 3.63) is 64.9 Å². The average Bonchev–Trinajstić information content (AvgIpc) is 3.00. The summed E-state index contributed by atoms with van der Waals surface area (Å²) in [7, 11) is 0. The van der Waals surface area contributed by atoms with Crippen molar-refractivity contribution in [1.29, 1.82) is 0 Å². The maximum atomic E-state index is 11.6. The van der Waals surface area contributed by atoms with E-state index in [0.717, 1.165) is 24.2 Å². The van der Waals surface area contributed by atoms with Gasteiger partial charge in [-0.15, -0.1) is 0 Å². The summed E-state index contributed by atoms with van der Waals surface area (Å²) in [5.41, 5.74) is 1.87. The highest BCUT2D eigenvalue weighted by atomic mass is 35.5. The summed E-state index contributed by atoms with van der Waals surface area (Å²) >= 11 is 5.98. The van der Waals surface area contributed by atoms with Gasteiger partial charge >= 0.3 is 5.97 Å². The molecule has 0 spiro atoms. The van der Waals surface area contributed by atoms with Crippen LogP contribution in [-0.4, -0.2) is 33.5 Å². The Morgan fingerprint density at radius 3 is 2.68 bits per heavy atom. The van der Waals surface area contributed by atoms with Crippen molar-refractivity contribution >= 4 is 17.6 Å². The predicted molar refractivity (Wildman–Crippen MR) is 84.9 cm³/mol. The van der Waals surface area contributed by atoms with Gasteiger partial charge in [-0.3, -0.25) is 14.7 Å². The van der Waals surface area contributed by atoms with Crippen molar-refractivity contribution in [2.45, 2.75) is 24.9 Å². The van der Waals surface area contributed by atoms with E-state index in [1.807, 2.05) is 47.4 Å². The first kappa shape index (κ1) is 15.0. The number of rotatable bonds is 4. The Kier molecular flexibility index (Phi) is 4.41. The molecule has 1 aromatic carbocycles. The molecule has 5 heteroatoms. The van der Waals surface area contributed by atoms with Crippen LogP contribution in [0.2, 0.25) is 5.02 Å². The average molecular weight is 317 g/mol. The fourth-order valence-electron chi connectivity index (χ4n) is 3.08. The molecule has 4 nitrogen and oxygen atoms in total. The molecular weight excluding hydrogens is 300 g/mol. The zero-order valence-corrected chi connectivity index (χ0v) is 12.8. The van der Waals surface area contributed by atoms with E-state index in [0.29, 0.717) is 11.4 Å². The molecule has 0 aliphatic carbocycles. The lowest BCUT2D eigenvalue weighted by Gasteiger charge is -2.31. The van der Waals surface area contributed by atoms with Gasteiger partial charge in [0.2, 0.25) is 0 Å². The first-order valence-corrected chi connectivity index (χ1v) is 7.69. The first-order chi connectivity index (χ1) is 10.7. The Morgan fingerprint density at radius 2 is 2.05 bits per heavy atom. The van der Waals surface area contributed by atoms with E-state index in [4.69, 9.17) is 11.6 Å². The van der Waals surface area contributed by atoms with E-state index in [2.05, 4.69) is 4.98 Å². The molecule has 2 heterocycles. The molecule has 2 aromatic rings. The molecule has 1 N–H and O–H groups in total. The lowest BCUT2D eigenvalue weighted by Crippen LogP contribution is -2.39.